The summed E-state index contributed by atoms with van der Waals surface area (Å²) in [5, 5.41) is 9.24. The van der Waals surface area contributed by atoms with Crippen molar-refractivity contribution >= 4 is 11.8 Å². The van der Waals surface area contributed by atoms with Crippen LogP contribution in [0.1, 0.15) is 45.5 Å². The second kappa shape index (κ2) is 5.88. The highest BCUT2D eigenvalue weighted by Gasteiger charge is 2.25. The van der Waals surface area contributed by atoms with Crippen molar-refractivity contribution in [2.45, 2.75) is 26.2 Å². The molecule has 0 amide bonds. The predicted octanol–water partition coefficient (Wildman–Crippen LogP) is 3.35. The maximum Gasteiger partial charge on any atom is 0.310 e. The highest BCUT2D eigenvalue weighted by molar-refractivity contribution is 6.11. The van der Waals surface area contributed by atoms with Gasteiger partial charge in [0.2, 0.25) is 0 Å². The molecular formula is C19H18O4. The van der Waals surface area contributed by atoms with Gasteiger partial charge in [-0.25, -0.2) is 0 Å². The lowest BCUT2D eigenvalue weighted by atomic mass is 9.92. The standard InChI is InChI=1S/C19H18O4/c1-11-3-5-13(6-4-11)17(20)16-10-15(12(2)19(21)22)9-14-7-8-23-18(14)16/h3-6,9-10,12H,7-8H2,1-2H3,(H,21,22). The zero-order valence-electron chi connectivity index (χ0n) is 13.1. The summed E-state index contributed by atoms with van der Waals surface area (Å²) in [6.45, 7) is 4.11. The van der Waals surface area contributed by atoms with Gasteiger partial charge in [0.15, 0.2) is 5.78 Å². The van der Waals surface area contributed by atoms with Crippen LogP contribution in [-0.4, -0.2) is 23.5 Å². The number of carbonyl (C=O) groups excluding carboxylic acids is 1. The number of aliphatic carboxylic acids is 1. The van der Waals surface area contributed by atoms with Gasteiger partial charge in [-0.3, -0.25) is 9.59 Å². The van der Waals surface area contributed by atoms with Gasteiger partial charge in [0.1, 0.15) is 5.75 Å². The number of fused-ring (bicyclic) bond motifs is 1. The number of hydrogen-bond acceptors (Lipinski definition) is 3. The predicted molar refractivity (Wildman–Crippen MR) is 86.3 cm³/mol. The Bertz CT molecular complexity index is 775. The van der Waals surface area contributed by atoms with Crippen LogP contribution in [0.25, 0.3) is 0 Å². The molecule has 1 unspecified atom stereocenters. The molecule has 1 N–H and O–H groups in total. The van der Waals surface area contributed by atoms with Crippen molar-refractivity contribution in [2.24, 2.45) is 0 Å². The average Bonchev–Trinajstić information content (AvgIpc) is 3.01. The molecule has 0 fully saturated rings. The first-order valence-electron chi connectivity index (χ1n) is 7.61. The van der Waals surface area contributed by atoms with Gasteiger partial charge in [0.25, 0.3) is 0 Å². The van der Waals surface area contributed by atoms with Crippen LogP contribution in [0.2, 0.25) is 0 Å². The zero-order chi connectivity index (χ0) is 16.6. The number of ketones is 1. The zero-order valence-corrected chi connectivity index (χ0v) is 13.1. The molecule has 0 saturated heterocycles. The van der Waals surface area contributed by atoms with Gasteiger partial charge in [0.05, 0.1) is 18.1 Å². The first-order valence-corrected chi connectivity index (χ1v) is 7.61. The maximum atomic E-state index is 12.8. The number of benzene rings is 2. The topological polar surface area (TPSA) is 63.6 Å². The minimum atomic E-state index is -0.905. The molecule has 0 aliphatic carbocycles. The van der Waals surface area contributed by atoms with Crippen LogP contribution in [0, 0.1) is 6.92 Å². The fourth-order valence-corrected chi connectivity index (χ4v) is 2.75. The Morgan fingerprint density at radius 1 is 1.17 bits per heavy atom. The first kappa shape index (κ1) is 15.3. The molecule has 2 aromatic rings. The van der Waals surface area contributed by atoms with E-state index in [0.29, 0.717) is 35.5 Å². The van der Waals surface area contributed by atoms with E-state index in [0.717, 1.165) is 11.1 Å². The summed E-state index contributed by atoms with van der Waals surface area (Å²) in [7, 11) is 0. The van der Waals surface area contributed by atoms with Crippen molar-refractivity contribution in [3.63, 3.8) is 0 Å². The van der Waals surface area contributed by atoms with Crippen molar-refractivity contribution in [3.8, 4) is 5.75 Å². The average molecular weight is 310 g/mol. The van der Waals surface area contributed by atoms with E-state index < -0.39 is 11.9 Å². The Balaban J connectivity index is 2.09. The molecule has 118 valence electrons. The highest BCUT2D eigenvalue weighted by Crippen LogP contribution is 2.34. The second-order valence-electron chi connectivity index (χ2n) is 5.91. The molecule has 3 rings (SSSR count). The number of carbonyl (C=O) groups is 2. The van der Waals surface area contributed by atoms with Gasteiger partial charge >= 0.3 is 5.97 Å². The summed E-state index contributed by atoms with van der Waals surface area (Å²) in [6, 6.07) is 10.8. The van der Waals surface area contributed by atoms with Crippen LogP contribution < -0.4 is 4.74 Å². The van der Waals surface area contributed by atoms with E-state index in [9.17, 15) is 14.7 Å². The Kier molecular flexibility index (Phi) is 3.90. The molecule has 1 atom stereocenters. The van der Waals surface area contributed by atoms with Crippen molar-refractivity contribution in [2.75, 3.05) is 6.61 Å². The quantitative estimate of drug-likeness (QED) is 0.880. The highest BCUT2D eigenvalue weighted by atomic mass is 16.5. The fourth-order valence-electron chi connectivity index (χ4n) is 2.75. The SMILES string of the molecule is Cc1ccc(C(=O)c2cc(C(C)C(=O)O)cc3c2OCC3)cc1. The van der Waals surface area contributed by atoms with Crippen LogP contribution in [0.15, 0.2) is 36.4 Å². The number of carboxylic acids is 1. The number of carboxylic acid groups (broad SMARTS) is 1. The summed E-state index contributed by atoms with van der Waals surface area (Å²) in [5.74, 6) is -1.11. The molecule has 0 saturated carbocycles. The minimum absolute atomic E-state index is 0.136. The van der Waals surface area contributed by atoms with Gasteiger partial charge in [-0.05, 0) is 31.0 Å². The van der Waals surface area contributed by atoms with Crippen molar-refractivity contribution in [3.05, 3.63) is 64.2 Å². The van der Waals surface area contributed by atoms with Crippen molar-refractivity contribution in [1.29, 1.82) is 0 Å². The summed E-state index contributed by atoms with van der Waals surface area (Å²) in [5.41, 5.74) is 3.65. The van der Waals surface area contributed by atoms with E-state index >= 15 is 0 Å². The lowest BCUT2D eigenvalue weighted by Gasteiger charge is -2.13. The van der Waals surface area contributed by atoms with Gasteiger partial charge < -0.3 is 9.84 Å². The number of rotatable bonds is 4. The molecule has 0 bridgehead atoms. The lowest BCUT2D eigenvalue weighted by molar-refractivity contribution is -0.138. The van der Waals surface area contributed by atoms with E-state index in [1.54, 1.807) is 25.1 Å². The van der Waals surface area contributed by atoms with E-state index in [1.807, 2.05) is 25.1 Å². The monoisotopic (exact) mass is 310 g/mol. The van der Waals surface area contributed by atoms with Crippen LogP contribution in [0.4, 0.5) is 0 Å². The summed E-state index contributed by atoms with van der Waals surface area (Å²) in [4.78, 5) is 24.1. The molecular weight excluding hydrogens is 292 g/mol. The molecule has 2 aromatic carbocycles. The maximum absolute atomic E-state index is 12.8. The Morgan fingerprint density at radius 3 is 2.52 bits per heavy atom. The molecule has 0 radical (unpaired) electrons. The van der Waals surface area contributed by atoms with Crippen LogP contribution in [-0.2, 0) is 11.2 Å². The summed E-state index contributed by atoms with van der Waals surface area (Å²) < 4.78 is 5.62. The molecule has 4 heteroatoms. The third-order valence-electron chi connectivity index (χ3n) is 4.23. The van der Waals surface area contributed by atoms with Crippen molar-refractivity contribution in [1.82, 2.24) is 0 Å². The molecule has 0 aromatic heterocycles. The lowest BCUT2D eigenvalue weighted by Crippen LogP contribution is -2.10. The first-order chi connectivity index (χ1) is 11.0. The summed E-state index contributed by atoms with van der Waals surface area (Å²) in [6.07, 6.45) is 0.698. The van der Waals surface area contributed by atoms with Gasteiger partial charge in [-0.2, -0.15) is 0 Å². The number of hydrogen-bond donors (Lipinski definition) is 1. The normalized spacial score (nSPS) is 14.0. The Hall–Kier alpha value is -2.62. The van der Waals surface area contributed by atoms with Gasteiger partial charge in [-0.15, -0.1) is 0 Å². The smallest absolute Gasteiger partial charge is 0.310 e. The van der Waals surface area contributed by atoms with E-state index in [2.05, 4.69) is 0 Å². The number of aryl methyl sites for hydroxylation is 1. The fraction of sp³-hybridized carbons (Fsp3) is 0.263. The van der Waals surface area contributed by atoms with Crippen LogP contribution in [0.5, 0.6) is 5.75 Å². The molecule has 23 heavy (non-hydrogen) atoms. The van der Waals surface area contributed by atoms with Gasteiger partial charge in [-0.1, -0.05) is 35.9 Å². The molecule has 1 heterocycles. The largest absolute Gasteiger partial charge is 0.492 e. The Labute approximate surface area is 134 Å². The molecule has 0 spiro atoms. The second-order valence-corrected chi connectivity index (χ2v) is 5.91. The van der Waals surface area contributed by atoms with Crippen LogP contribution >= 0.6 is 0 Å². The van der Waals surface area contributed by atoms with E-state index in [4.69, 9.17) is 4.74 Å². The third-order valence-corrected chi connectivity index (χ3v) is 4.23. The molecule has 4 nitrogen and oxygen atoms in total. The molecule has 1 aliphatic rings. The van der Waals surface area contributed by atoms with E-state index in [1.165, 1.54) is 0 Å². The van der Waals surface area contributed by atoms with Crippen LogP contribution in [0.3, 0.4) is 0 Å². The third kappa shape index (κ3) is 2.84. The summed E-state index contributed by atoms with van der Waals surface area (Å²) >= 11 is 0. The van der Waals surface area contributed by atoms with Gasteiger partial charge in [0, 0.05) is 12.0 Å². The number of ether oxygens (including phenoxy) is 1. The Morgan fingerprint density at radius 2 is 1.87 bits per heavy atom. The van der Waals surface area contributed by atoms with Crippen molar-refractivity contribution < 1.29 is 19.4 Å². The minimum Gasteiger partial charge on any atom is -0.492 e. The van der Waals surface area contributed by atoms with E-state index in [-0.39, 0.29) is 5.78 Å². The molecule has 1 aliphatic heterocycles.